The van der Waals surface area contributed by atoms with Crippen molar-refractivity contribution in [1.29, 1.82) is 0 Å². The van der Waals surface area contributed by atoms with Crippen LogP contribution in [0.2, 0.25) is 0 Å². The average molecular weight is 431 g/mol. The number of guanidine groups is 1. The molecular formula is C23H34N4O2S. The van der Waals surface area contributed by atoms with E-state index in [1.807, 2.05) is 0 Å². The minimum atomic E-state index is 0.212. The third kappa shape index (κ3) is 6.44. The number of ether oxygens (including phenoxy) is 2. The predicted octanol–water partition coefficient (Wildman–Crippen LogP) is 3.79. The molecule has 0 radical (unpaired) electrons. The lowest BCUT2D eigenvalue weighted by molar-refractivity contribution is 0.0676. The molecule has 2 N–H and O–H groups in total. The molecule has 0 saturated carbocycles. The molecule has 164 valence electrons. The second kappa shape index (κ2) is 11.3. The van der Waals surface area contributed by atoms with Gasteiger partial charge in [0.15, 0.2) is 5.96 Å². The molecule has 1 aliphatic heterocycles. The minimum absolute atomic E-state index is 0.212. The Morgan fingerprint density at radius 1 is 1.33 bits per heavy atom. The van der Waals surface area contributed by atoms with E-state index in [0.29, 0.717) is 13.2 Å². The third-order valence-electron chi connectivity index (χ3n) is 5.24. The minimum Gasteiger partial charge on any atom is -0.491 e. The van der Waals surface area contributed by atoms with Crippen molar-refractivity contribution >= 4 is 17.3 Å². The molecule has 3 rings (SSSR count). The Bertz CT molecular complexity index is 844. The van der Waals surface area contributed by atoms with Gasteiger partial charge in [0, 0.05) is 43.6 Å². The topological polar surface area (TPSA) is 67.8 Å². The zero-order valence-corrected chi connectivity index (χ0v) is 19.4. The van der Waals surface area contributed by atoms with Crippen LogP contribution in [0.15, 0.2) is 23.2 Å². The van der Waals surface area contributed by atoms with Crippen molar-refractivity contribution < 1.29 is 9.47 Å². The highest BCUT2D eigenvalue weighted by atomic mass is 32.1. The number of hydrogen-bond acceptors (Lipinski definition) is 5. The van der Waals surface area contributed by atoms with Crippen LogP contribution in [0.3, 0.4) is 0 Å². The first-order valence-corrected chi connectivity index (χ1v) is 11.6. The Morgan fingerprint density at radius 2 is 2.20 bits per heavy atom. The standard InChI is InChI=1S/C23H34N4O2S/c1-5-20-17(3)30-22(27-20)10-11-25-23(24-4)26-14-18-9-8-16(2)13-21(18)29-15-19-7-6-12-28-19/h8-9,13,19H,5-7,10-12,14-15H2,1-4H3,(H2,24,25,26). The quantitative estimate of drug-likeness (QED) is 0.468. The third-order valence-corrected chi connectivity index (χ3v) is 6.32. The molecule has 2 aromatic rings. The fourth-order valence-electron chi connectivity index (χ4n) is 3.51. The summed E-state index contributed by atoms with van der Waals surface area (Å²) >= 11 is 1.79. The van der Waals surface area contributed by atoms with Crippen molar-refractivity contribution in [3.8, 4) is 5.75 Å². The first kappa shape index (κ1) is 22.6. The van der Waals surface area contributed by atoms with Gasteiger partial charge in [0.25, 0.3) is 0 Å². The summed E-state index contributed by atoms with van der Waals surface area (Å²) < 4.78 is 11.8. The molecule has 2 heterocycles. The molecule has 1 saturated heterocycles. The fourth-order valence-corrected chi connectivity index (χ4v) is 4.53. The van der Waals surface area contributed by atoms with E-state index in [4.69, 9.17) is 14.5 Å². The Morgan fingerprint density at radius 3 is 2.90 bits per heavy atom. The number of benzene rings is 1. The molecule has 0 aliphatic carbocycles. The molecule has 1 aliphatic rings. The normalized spacial score (nSPS) is 16.7. The van der Waals surface area contributed by atoms with Crippen LogP contribution in [0.4, 0.5) is 0 Å². The number of aromatic nitrogens is 1. The SMILES string of the molecule is CCc1nc(CCNC(=NC)NCc2ccc(C)cc2OCC2CCCO2)sc1C. The molecule has 0 bridgehead atoms. The lowest BCUT2D eigenvalue weighted by Gasteiger charge is -2.17. The molecular weight excluding hydrogens is 396 g/mol. The number of aryl methyl sites for hydroxylation is 3. The summed E-state index contributed by atoms with van der Waals surface area (Å²) in [7, 11) is 1.79. The Kier molecular flexibility index (Phi) is 8.51. The lowest BCUT2D eigenvalue weighted by Crippen LogP contribution is -2.38. The molecule has 0 spiro atoms. The van der Waals surface area contributed by atoms with Gasteiger partial charge in [-0.25, -0.2) is 4.98 Å². The van der Waals surface area contributed by atoms with Crippen LogP contribution in [0.5, 0.6) is 5.75 Å². The molecule has 1 atom stereocenters. The van der Waals surface area contributed by atoms with Crippen LogP contribution in [0.1, 0.15) is 46.5 Å². The summed E-state index contributed by atoms with van der Waals surface area (Å²) in [5, 5.41) is 7.96. The van der Waals surface area contributed by atoms with Crippen LogP contribution in [0.25, 0.3) is 0 Å². The summed E-state index contributed by atoms with van der Waals surface area (Å²) in [6.45, 7) is 9.28. The maximum absolute atomic E-state index is 6.10. The zero-order chi connectivity index (χ0) is 21.3. The molecule has 6 nitrogen and oxygen atoms in total. The van der Waals surface area contributed by atoms with E-state index in [9.17, 15) is 0 Å². The average Bonchev–Trinajstić information content (AvgIpc) is 3.39. The van der Waals surface area contributed by atoms with Gasteiger partial charge in [-0.3, -0.25) is 4.99 Å². The van der Waals surface area contributed by atoms with Gasteiger partial charge in [-0.15, -0.1) is 11.3 Å². The number of hydrogen-bond donors (Lipinski definition) is 2. The Balaban J connectivity index is 1.49. The van der Waals surface area contributed by atoms with Gasteiger partial charge >= 0.3 is 0 Å². The number of thiazole rings is 1. The van der Waals surface area contributed by atoms with Gasteiger partial charge in [0.1, 0.15) is 12.4 Å². The fraction of sp³-hybridized carbons (Fsp3) is 0.565. The maximum atomic E-state index is 6.10. The predicted molar refractivity (Wildman–Crippen MR) is 124 cm³/mol. The van der Waals surface area contributed by atoms with Gasteiger partial charge in [-0.2, -0.15) is 0 Å². The van der Waals surface area contributed by atoms with Crippen molar-refractivity contribution in [2.75, 3.05) is 26.8 Å². The lowest BCUT2D eigenvalue weighted by atomic mass is 10.1. The van der Waals surface area contributed by atoms with Gasteiger partial charge in [-0.05, 0) is 44.7 Å². The maximum Gasteiger partial charge on any atom is 0.191 e. The summed E-state index contributed by atoms with van der Waals surface area (Å²) in [4.78, 5) is 10.4. The molecule has 1 aromatic carbocycles. The highest BCUT2D eigenvalue weighted by Crippen LogP contribution is 2.22. The van der Waals surface area contributed by atoms with Crippen LogP contribution in [0, 0.1) is 13.8 Å². The summed E-state index contributed by atoms with van der Waals surface area (Å²) in [6, 6.07) is 6.32. The van der Waals surface area contributed by atoms with E-state index >= 15 is 0 Å². The molecule has 1 aromatic heterocycles. The number of nitrogens with one attached hydrogen (secondary N) is 2. The van der Waals surface area contributed by atoms with Crippen molar-refractivity contribution in [2.45, 2.75) is 59.1 Å². The van der Waals surface area contributed by atoms with Crippen LogP contribution in [-0.2, 0) is 24.1 Å². The van der Waals surface area contributed by atoms with Crippen molar-refractivity contribution in [3.63, 3.8) is 0 Å². The van der Waals surface area contributed by atoms with Crippen LogP contribution >= 0.6 is 11.3 Å². The van der Waals surface area contributed by atoms with Gasteiger partial charge in [0.05, 0.1) is 16.8 Å². The van der Waals surface area contributed by atoms with E-state index in [1.54, 1.807) is 18.4 Å². The van der Waals surface area contributed by atoms with Gasteiger partial charge in [-0.1, -0.05) is 19.1 Å². The van der Waals surface area contributed by atoms with Crippen LogP contribution < -0.4 is 15.4 Å². The van der Waals surface area contributed by atoms with Gasteiger partial charge in [0.2, 0.25) is 0 Å². The number of rotatable bonds is 9. The first-order valence-electron chi connectivity index (χ1n) is 10.8. The molecule has 30 heavy (non-hydrogen) atoms. The summed E-state index contributed by atoms with van der Waals surface area (Å²) in [5.74, 6) is 1.70. The smallest absolute Gasteiger partial charge is 0.191 e. The zero-order valence-electron chi connectivity index (χ0n) is 18.6. The van der Waals surface area contributed by atoms with E-state index < -0.39 is 0 Å². The molecule has 0 amide bonds. The highest BCUT2D eigenvalue weighted by Gasteiger charge is 2.17. The highest BCUT2D eigenvalue weighted by molar-refractivity contribution is 7.11. The van der Waals surface area contributed by atoms with Crippen molar-refractivity contribution in [2.24, 2.45) is 4.99 Å². The Labute approximate surface area is 184 Å². The Hall–Kier alpha value is -2.12. The molecule has 7 heteroatoms. The largest absolute Gasteiger partial charge is 0.491 e. The summed E-state index contributed by atoms with van der Waals surface area (Å²) in [6.07, 6.45) is 4.30. The van der Waals surface area contributed by atoms with Gasteiger partial charge < -0.3 is 20.1 Å². The van der Waals surface area contributed by atoms with E-state index in [0.717, 1.165) is 56.1 Å². The van der Waals surface area contributed by atoms with Crippen molar-refractivity contribution in [3.05, 3.63) is 44.9 Å². The van der Waals surface area contributed by atoms with Crippen molar-refractivity contribution in [1.82, 2.24) is 15.6 Å². The van der Waals surface area contributed by atoms with E-state index in [1.165, 1.54) is 21.1 Å². The number of nitrogens with zero attached hydrogens (tertiary/aromatic N) is 2. The second-order valence-corrected chi connectivity index (χ2v) is 8.91. The molecule has 1 fully saturated rings. The van der Waals surface area contributed by atoms with E-state index in [2.05, 4.69) is 54.6 Å². The monoisotopic (exact) mass is 430 g/mol. The van der Waals surface area contributed by atoms with E-state index in [-0.39, 0.29) is 6.10 Å². The summed E-state index contributed by atoms with van der Waals surface area (Å²) in [5.41, 5.74) is 3.52. The first-order chi connectivity index (χ1) is 14.6. The van der Waals surface area contributed by atoms with Crippen LogP contribution in [-0.4, -0.2) is 43.9 Å². The molecule has 1 unspecified atom stereocenters. The second-order valence-electron chi connectivity index (χ2n) is 7.62. The number of aliphatic imine (C=N–C) groups is 1.